The lowest BCUT2D eigenvalue weighted by Crippen LogP contribution is -2.30. The van der Waals surface area contributed by atoms with Gasteiger partial charge in [-0.15, -0.1) is 11.3 Å². The summed E-state index contributed by atoms with van der Waals surface area (Å²) in [6, 6.07) is 19.0. The molecule has 0 amide bonds. The summed E-state index contributed by atoms with van der Waals surface area (Å²) in [4.78, 5) is 26.9. The number of aromatic nitrogens is 2. The molecule has 6 rings (SSSR count). The third kappa shape index (κ3) is 3.72. The fourth-order valence-electron chi connectivity index (χ4n) is 5.43. The normalized spacial score (nSPS) is 19.0. The van der Waals surface area contributed by atoms with Gasteiger partial charge in [0.05, 0.1) is 16.9 Å². The van der Waals surface area contributed by atoms with Crippen molar-refractivity contribution in [2.24, 2.45) is 0 Å². The molecule has 180 valence electrons. The molecule has 6 nitrogen and oxygen atoms in total. The molecular weight excluding hydrogens is 538 g/mol. The number of Topliss-reactive ketones (excluding diaryl/α,β-unsaturated/α-hetero) is 1. The van der Waals surface area contributed by atoms with Crippen LogP contribution in [0.5, 0.6) is 0 Å². The number of rotatable bonds is 4. The number of ketones is 1. The highest BCUT2D eigenvalue weighted by Gasteiger charge is 2.41. The van der Waals surface area contributed by atoms with Gasteiger partial charge in [0.2, 0.25) is 0 Å². The smallest absolute Gasteiger partial charge is 0.337 e. The van der Waals surface area contributed by atoms with Crippen molar-refractivity contribution in [3.8, 4) is 5.69 Å². The molecule has 0 fully saturated rings. The molecule has 2 N–H and O–H groups in total. The summed E-state index contributed by atoms with van der Waals surface area (Å²) in [7, 11) is 0. The summed E-state index contributed by atoms with van der Waals surface area (Å²) in [5, 5.41) is 20.2. The van der Waals surface area contributed by atoms with Gasteiger partial charge in [0.1, 0.15) is 5.82 Å². The van der Waals surface area contributed by atoms with E-state index in [0.29, 0.717) is 24.3 Å². The Bertz CT molecular complexity index is 1550. The van der Waals surface area contributed by atoms with Gasteiger partial charge in [0.15, 0.2) is 5.78 Å². The van der Waals surface area contributed by atoms with Gasteiger partial charge in [-0.05, 0) is 54.6 Å². The molecule has 0 saturated heterocycles. The first kappa shape index (κ1) is 22.9. The maximum absolute atomic E-state index is 13.7. The first-order chi connectivity index (χ1) is 17.4. The predicted molar refractivity (Wildman–Crippen MR) is 143 cm³/mol. The second-order valence-electron chi connectivity index (χ2n) is 9.13. The van der Waals surface area contributed by atoms with Crippen LogP contribution >= 0.6 is 27.3 Å². The second kappa shape index (κ2) is 8.87. The van der Waals surface area contributed by atoms with Crippen molar-refractivity contribution in [3.63, 3.8) is 0 Å². The molecule has 3 heterocycles. The molecule has 2 aliphatic rings. The average molecular weight is 560 g/mol. The number of hydrogen-bond acceptors (Lipinski definition) is 5. The lowest BCUT2D eigenvalue weighted by atomic mass is 9.73. The Labute approximate surface area is 220 Å². The number of hydrogen-bond donors (Lipinski definition) is 2. The molecule has 0 radical (unpaired) electrons. The maximum Gasteiger partial charge on any atom is 0.337 e. The van der Waals surface area contributed by atoms with Gasteiger partial charge < -0.3 is 10.4 Å². The number of benzene rings is 2. The van der Waals surface area contributed by atoms with Crippen molar-refractivity contribution in [1.29, 1.82) is 0 Å². The molecule has 8 heteroatoms. The number of aryl methyl sites for hydroxylation is 1. The van der Waals surface area contributed by atoms with Gasteiger partial charge in [0, 0.05) is 44.4 Å². The average Bonchev–Trinajstić information content (AvgIpc) is 3.51. The minimum Gasteiger partial charge on any atom is -0.478 e. The van der Waals surface area contributed by atoms with E-state index in [9.17, 15) is 14.7 Å². The van der Waals surface area contributed by atoms with Crippen molar-refractivity contribution in [2.45, 2.75) is 31.6 Å². The number of carbonyl (C=O) groups excluding carboxylic acids is 1. The number of aromatic carboxylic acids is 1. The number of fused-ring (bicyclic) bond motifs is 1. The van der Waals surface area contributed by atoms with Crippen LogP contribution in [0.2, 0.25) is 0 Å². The first-order valence-corrected chi connectivity index (χ1v) is 13.3. The van der Waals surface area contributed by atoms with Crippen LogP contribution in [0.4, 0.5) is 5.82 Å². The van der Waals surface area contributed by atoms with Crippen LogP contribution in [0.1, 0.15) is 56.7 Å². The summed E-state index contributed by atoms with van der Waals surface area (Å²) in [5.41, 5.74) is 4.96. The van der Waals surface area contributed by atoms with Crippen molar-refractivity contribution >= 4 is 44.8 Å². The van der Waals surface area contributed by atoms with Crippen LogP contribution < -0.4 is 5.32 Å². The molecule has 0 unspecified atom stereocenters. The summed E-state index contributed by atoms with van der Waals surface area (Å²) < 4.78 is 2.62. The number of para-hydroxylation sites is 1. The fraction of sp³-hybridized carbons (Fsp3) is 0.179. The number of nitrogens with zero attached hydrogens (tertiary/aromatic N) is 2. The van der Waals surface area contributed by atoms with E-state index in [-0.39, 0.29) is 23.2 Å². The molecule has 0 saturated carbocycles. The van der Waals surface area contributed by atoms with Crippen molar-refractivity contribution in [3.05, 3.63) is 109 Å². The van der Waals surface area contributed by atoms with Crippen molar-refractivity contribution in [2.75, 3.05) is 5.32 Å². The largest absolute Gasteiger partial charge is 0.478 e. The van der Waals surface area contributed by atoms with Crippen LogP contribution in [0.3, 0.4) is 0 Å². The number of allylic oxidation sites excluding steroid dienone is 2. The Hall–Kier alpha value is -3.49. The third-order valence-electron chi connectivity index (χ3n) is 6.95. The van der Waals surface area contributed by atoms with E-state index >= 15 is 0 Å². The van der Waals surface area contributed by atoms with E-state index in [0.717, 1.165) is 32.6 Å². The van der Waals surface area contributed by atoms with Gasteiger partial charge in [-0.25, -0.2) is 9.48 Å². The van der Waals surface area contributed by atoms with E-state index in [1.807, 2.05) is 42.6 Å². The zero-order valence-electron chi connectivity index (χ0n) is 19.4. The van der Waals surface area contributed by atoms with Crippen LogP contribution in [-0.2, 0) is 4.79 Å². The zero-order valence-corrected chi connectivity index (χ0v) is 21.8. The molecule has 2 atom stereocenters. The lowest BCUT2D eigenvalue weighted by molar-refractivity contribution is -0.116. The van der Waals surface area contributed by atoms with Crippen molar-refractivity contribution < 1.29 is 14.7 Å². The highest BCUT2D eigenvalue weighted by atomic mass is 79.9. The molecule has 2 aromatic heterocycles. The van der Waals surface area contributed by atoms with E-state index in [2.05, 4.69) is 27.3 Å². The maximum atomic E-state index is 13.7. The topological polar surface area (TPSA) is 84.2 Å². The number of thiophene rings is 1. The Morgan fingerprint density at radius 2 is 1.97 bits per heavy atom. The Balaban J connectivity index is 1.57. The number of anilines is 1. The third-order valence-corrected chi connectivity index (χ3v) is 8.48. The van der Waals surface area contributed by atoms with Gasteiger partial charge >= 0.3 is 5.97 Å². The molecule has 0 bridgehead atoms. The SMILES string of the molecule is Cc1nn(-c2ccccc2C(=O)O)c2c1[C@H](c1cccc(Br)c1)C1=C(C[C@H](c3cccs3)CC1=O)N2. The lowest BCUT2D eigenvalue weighted by Gasteiger charge is -2.35. The van der Waals surface area contributed by atoms with Crippen LogP contribution in [0.25, 0.3) is 5.69 Å². The van der Waals surface area contributed by atoms with Crippen LogP contribution in [0.15, 0.2) is 81.8 Å². The quantitative estimate of drug-likeness (QED) is 0.292. The number of carboxylic acids is 1. The highest BCUT2D eigenvalue weighted by molar-refractivity contribution is 9.10. The molecule has 1 aliphatic heterocycles. The summed E-state index contributed by atoms with van der Waals surface area (Å²) >= 11 is 5.27. The van der Waals surface area contributed by atoms with E-state index in [1.54, 1.807) is 40.3 Å². The summed E-state index contributed by atoms with van der Waals surface area (Å²) in [6.45, 7) is 1.92. The van der Waals surface area contributed by atoms with Crippen LogP contribution in [-0.4, -0.2) is 26.6 Å². The summed E-state index contributed by atoms with van der Waals surface area (Å²) in [5.74, 6) is -0.355. The molecular formula is C28H22BrN3O3S. The second-order valence-corrected chi connectivity index (χ2v) is 11.0. The van der Waals surface area contributed by atoms with Gasteiger partial charge in [0.25, 0.3) is 0 Å². The molecule has 4 aromatic rings. The predicted octanol–water partition coefficient (Wildman–Crippen LogP) is 6.66. The van der Waals surface area contributed by atoms with Gasteiger partial charge in [-0.3, -0.25) is 4.79 Å². The highest BCUT2D eigenvalue weighted by Crippen LogP contribution is 2.50. The standard InChI is InChI=1S/C28H22BrN3O3S/c1-15-24-25(16-6-4-7-18(29)12-16)26-20(13-17(14-22(26)33)23-10-5-11-36-23)30-27(24)32(31-15)21-9-3-2-8-19(21)28(34)35/h2-12,17,25,30H,13-14H2,1H3,(H,34,35)/t17-,25-/m0/s1. The zero-order chi connectivity index (χ0) is 25.0. The molecule has 36 heavy (non-hydrogen) atoms. The Morgan fingerprint density at radius 1 is 1.14 bits per heavy atom. The van der Waals surface area contributed by atoms with Crippen LogP contribution in [0, 0.1) is 6.92 Å². The van der Waals surface area contributed by atoms with Gasteiger partial charge in [-0.1, -0.05) is 46.3 Å². The monoisotopic (exact) mass is 559 g/mol. The fourth-order valence-corrected chi connectivity index (χ4v) is 6.68. The number of halogens is 1. The Kier molecular flexibility index (Phi) is 5.65. The first-order valence-electron chi connectivity index (χ1n) is 11.7. The molecule has 1 aliphatic carbocycles. The number of carboxylic acid groups (broad SMARTS) is 1. The van der Waals surface area contributed by atoms with E-state index < -0.39 is 5.97 Å². The van der Waals surface area contributed by atoms with E-state index in [1.165, 1.54) is 4.88 Å². The minimum absolute atomic E-state index is 0.109. The van der Waals surface area contributed by atoms with Crippen molar-refractivity contribution in [1.82, 2.24) is 9.78 Å². The minimum atomic E-state index is -1.02. The van der Waals surface area contributed by atoms with Gasteiger partial charge in [-0.2, -0.15) is 5.10 Å². The molecule has 0 spiro atoms. The van der Waals surface area contributed by atoms with E-state index in [4.69, 9.17) is 5.10 Å². The number of nitrogens with one attached hydrogen (secondary N) is 1. The summed E-state index contributed by atoms with van der Waals surface area (Å²) in [6.07, 6.45) is 1.17. The molecule has 2 aromatic carbocycles. The number of carbonyl (C=O) groups is 2. The Morgan fingerprint density at radius 3 is 2.72 bits per heavy atom.